The van der Waals surface area contributed by atoms with Crippen molar-refractivity contribution in [3.05, 3.63) is 24.3 Å². The monoisotopic (exact) mass is 379 g/mol. The molecule has 0 aromatic carbocycles. The zero-order valence-electron chi connectivity index (χ0n) is 13.7. The first-order valence-electron chi connectivity index (χ1n) is 7.73. The van der Waals surface area contributed by atoms with Gasteiger partial charge in [0.25, 0.3) is 0 Å². The molecule has 0 saturated heterocycles. The van der Waals surface area contributed by atoms with Crippen molar-refractivity contribution < 1.29 is 42.0 Å². The Kier molecular flexibility index (Phi) is 16.7. The van der Waals surface area contributed by atoms with E-state index in [1.54, 1.807) is 0 Å². The summed E-state index contributed by atoms with van der Waals surface area (Å²) in [6.07, 6.45) is 10.9. The Balaban J connectivity index is 0. The first-order chi connectivity index (χ1) is 11.0. The number of rotatable bonds is 10. The van der Waals surface area contributed by atoms with Crippen LogP contribution in [-0.2, 0) is 26.7 Å². The van der Waals surface area contributed by atoms with Crippen LogP contribution in [0, 0.1) is 0 Å². The summed E-state index contributed by atoms with van der Waals surface area (Å²) < 4.78 is 0. The summed E-state index contributed by atoms with van der Waals surface area (Å²) in [6.45, 7) is 2.15. The number of hydrogen-bond donors (Lipinski definition) is 2. The minimum atomic E-state index is -1.35. The van der Waals surface area contributed by atoms with Crippen LogP contribution in [0.1, 0.15) is 57.6 Å². The van der Waals surface area contributed by atoms with Crippen molar-refractivity contribution >= 4 is 18.0 Å². The van der Waals surface area contributed by atoms with E-state index < -0.39 is 18.0 Å². The third-order valence-electron chi connectivity index (χ3n) is 3.02. The van der Waals surface area contributed by atoms with Gasteiger partial charge in [-0.25, -0.2) is 4.98 Å². The first-order valence-corrected chi connectivity index (χ1v) is 7.73. The van der Waals surface area contributed by atoms with Crippen molar-refractivity contribution in [2.24, 2.45) is 0 Å². The van der Waals surface area contributed by atoms with Crippen molar-refractivity contribution in [2.75, 3.05) is 0 Å². The molecular weight excluding hydrogens is 355 g/mol. The topological polar surface area (TPSA) is 129 Å². The molecule has 24 heavy (non-hydrogen) atoms. The molecule has 8 heteroatoms. The number of H-pyrrole nitrogens is 1. The van der Waals surface area contributed by atoms with Gasteiger partial charge in [-0.1, -0.05) is 45.4 Å². The zero-order chi connectivity index (χ0) is 17.5. The molecule has 1 atom stereocenters. The number of unbranched alkanes of at least 4 members (excludes halogenated alkanes) is 5. The predicted octanol–water partition coefficient (Wildman–Crippen LogP) is 0.0181. The number of carbonyl (C=O) groups excluding carboxylic acids is 2. The number of hydrogen-bond acceptors (Lipinski definition) is 6. The van der Waals surface area contributed by atoms with Crippen LogP contribution in [0.25, 0.3) is 6.08 Å². The molecule has 0 aliphatic rings. The first kappa shape index (κ1) is 24.6. The smallest absolute Gasteiger partial charge is 0.547 e. The number of aromatic nitrogens is 2. The van der Waals surface area contributed by atoms with Crippen LogP contribution >= 0.6 is 0 Å². The summed E-state index contributed by atoms with van der Waals surface area (Å²) in [4.78, 5) is 26.4. The number of nitrogens with one attached hydrogen (secondary N) is 1. The minimum Gasteiger partial charge on any atom is -0.547 e. The van der Waals surface area contributed by atoms with Gasteiger partial charge in [0.2, 0.25) is 0 Å². The molecule has 135 valence electrons. The fourth-order valence-electron chi connectivity index (χ4n) is 1.75. The second-order valence-electron chi connectivity index (χ2n) is 5.05. The SMILES string of the molecule is CCCCCCCCC(O)C(=O)[O-].O=C([O-])C=Cc1cnc[nH]1.[Mn+2]. The van der Waals surface area contributed by atoms with Crippen molar-refractivity contribution in [1.29, 1.82) is 0 Å². The van der Waals surface area contributed by atoms with Gasteiger partial charge in [0.15, 0.2) is 0 Å². The van der Waals surface area contributed by atoms with Crippen LogP contribution in [0.5, 0.6) is 0 Å². The van der Waals surface area contributed by atoms with E-state index in [0.717, 1.165) is 25.3 Å². The second-order valence-corrected chi connectivity index (χ2v) is 5.05. The summed E-state index contributed by atoms with van der Waals surface area (Å²) in [5.74, 6) is -2.57. The Morgan fingerprint density at radius 3 is 2.38 bits per heavy atom. The molecule has 0 spiro atoms. The van der Waals surface area contributed by atoms with Crippen LogP contribution in [0.15, 0.2) is 18.6 Å². The molecule has 0 amide bonds. The molecule has 1 aromatic heterocycles. The van der Waals surface area contributed by atoms with Crippen LogP contribution in [0.2, 0.25) is 0 Å². The number of carboxylic acids is 2. The van der Waals surface area contributed by atoms with Gasteiger partial charge in [-0.2, -0.15) is 0 Å². The average Bonchev–Trinajstić information content (AvgIpc) is 3.02. The Morgan fingerprint density at radius 1 is 1.25 bits per heavy atom. The maximum absolute atomic E-state index is 10.1. The normalized spacial score (nSPS) is 11.2. The van der Waals surface area contributed by atoms with Gasteiger partial charge in [-0.3, -0.25) is 0 Å². The molecule has 1 rings (SSSR count). The van der Waals surface area contributed by atoms with Gasteiger partial charge in [0, 0.05) is 0 Å². The summed E-state index contributed by atoms with van der Waals surface area (Å²) in [6, 6.07) is 0. The van der Waals surface area contributed by atoms with Gasteiger partial charge in [-0.15, -0.1) is 0 Å². The van der Waals surface area contributed by atoms with Crippen LogP contribution in [-0.4, -0.2) is 33.1 Å². The van der Waals surface area contributed by atoms with E-state index in [4.69, 9.17) is 5.11 Å². The Bertz CT molecular complexity index is 463. The van der Waals surface area contributed by atoms with E-state index in [-0.39, 0.29) is 17.1 Å². The second kappa shape index (κ2) is 16.2. The molecule has 1 aromatic rings. The number of nitrogens with zero attached hydrogens (tertiary/aromatic N) is 1. The van der Waals surface area contributed by atoms with Gasteiger partial charge in [-0.05, 0) is 18.6 Å². The third kappa shape index (κ3) is 15.3. The maximum Gasteiger partial charge on any atom is 2.00 e. The minimum absolute atomic E-state index is 0. The van der Waals surface area contributed by atoms with E-state index in [2.05, 4.69) is 16.9 Å². The summed E-state index contributed by atoms with van der Waals surface area (Å²) >= 11 is 0. The number of carboxylic acid groups (broad SMARTS) is 2. The molecule has 1 unspecified atom stereocenters. The molecule has 0 aliphatic carbocycles. The van der Waals surface area contributed by atoms with Crippen molar-refractivity contribution in [2.45, 2.75) is 58.0 Å². The number of carbonyl (C=O) groups is 2. The van der Waals surface area contributed by atoms with Gasteiger partial charge in [0.05, 0.1) is 36.3 Å². The van der Waals surface area contributed by atoms with Gasteiger partial charge >= 0.3 is 17.1 Å². The molecule has 2 N–H and O–H groups in total. The van der Waals surface area contributed by atoms with E-state index in [9.17, 15) is 19.8 Å². The van der Waals surface area contributed by atoms with Crippen LogP contribution in [0.3, 0.4) is 0 Å². The van der Waals surface area contributed by atoms with Crippen LogP contribution in [0.4, 0.5) is 0 Å². The van der Waals surface area contributed by atoms with Crippen LogP contribution < -0.4 is 10.2 Å². The summed E-state index contributed by atoms with van der Waals surface area (Å²) in [5, 5.41) is 28.8. The van der Waals surface area contributed by atoms with Crippen molar-refractivity contribution in [1.82, 2.24) is 9.97 Å². The molecule has 1 radical (unpaired) electrons. The van der Waals surface area contributed by atoms with Gasteiger partial charge in [0.1, 0.15) is 0 Å². The van der Waals surface area contributed by atoms with E-state index >= 15 is 0 Å². The standard InChI is InChI=1S/C10H20O3.C6H6N2O2.Mn/c1-2-3-4-5-6-7-8-9(11)10(12)13;9-6(10)2-1-5-3-7-4-8-5;/h9,11H,2-8H2,1H3,(H,12,13);1-4H,(H,7,8)(H,9,10);/q;;+2/p-2. The third-order valence-corrected chi connectivity index (χ3v) is 3.02. The largest absolute Gasteiger partial charge is 2.00 e. The van der Waals surface area contributed by atoms with E-state index in [0.29, 0.717) is 12.1 Å². The zero-order valence-corrected chi connectivity index (χ0v) is 14.9. The number of aliphatic hydroxyl groups is 1. The molecule has 7 nitrogen and oxygen atoms in total. The molecular formula is C16H24MnN2O5. The van der Waals surface area contributed by atoms with E-state index in [1.165, 1.54) is 37.9 Å². The van der Waals surface area contributed by atoms with Crippen molar-refractivity contribution in [3.8, 4) is 0 Å². The molecule has 0 saturated carbocycles. The predicted molar refractivity (Wildman–Crippen MR) is 81.6 cm³/mol. The quantitative estimate of drug-likeness (QED) is 0.335. The molecule has 0 fully saturated rings. The Hall–Kier alpha value is -1.63. The number of aromatic amines is 1. The van der Waals surface area contributed by atoms with Gasteiger partial charge < -0.3 is 29.9 Å². The van der Waals surface area contributed by atoms with Crippen molar-refractivity contribution in [3.63, 3.8) is 0 Å². The Morgan fingerprint density at radius 2 is 1.88 bits per heavy atom. The number of aliphatic carboxylic acids is 2. The molecule has 0 aliphatic heterocycles. The number of aliphatic hydroxyl groups excluding tert-OH is 1. The summed E-state index contributed by atoms with van der Waals surface area (Å²) in [5.41, 5.74) is 0.643. The number of imidazole rings is 1. The molecule has 1 heterocycles. The fraction of sp³-hybridized carbons (Fsp3) is 0.562. The molecule has 0 bridgehead atoms. The maximum atomic E-state index is 10.1. The Labute approximate surface area is 152 Å². The summed E-state index contributed by atoms with van der Waals surface area (Å²) in [7, 11) is 0. The fourth-order valence-corrected chi connectivity index (χ4v) is 1.75. The average molecular weight is 379 g/mol. The van der Waals surface area contributed by atoms with E-state index in [1.807, 2.05) is 0 Å².